The Morgan fingerprint density at radius 2 is 2.06 bits per heavy atom. The van der Waals surface area contributed by atoms with Crippen molar-refractivity contribution >= 4 is 11.8 Å². The van der Waals surface area contributed by atoms with Gasteiger partial charge in [-0.25, -0.2) is 4.79 Å². The van der Waals surface area contributed by atoms with E-state index < -0.39 is 0 Å². The molecule has 1 rings (SSSR count). The predicted octanol–water partition coefficient (Wildman–Crippen LogP) is 3.26. The lowest BCUT2D eigenvalue weighted by Gasteiger charge is -2.21. The fraction of sp³-hybridized carbons (Fsp3) is 0.385. The summed E-state index contributed by atoms with van der Waals surface area (Å²) in [4.78, 5) is 13.4. The minimum atomic E-state index is -0.290. The van der Waals surface area contributed by atoms with Gasteiger partial charge in [0, 0.05) is 12.2 Å². The minimum absolute atomic E-state index is 0.290. The van der Waals surface area contributed by atoms with Gasteiger partial charge in [-0.3, -0.25) is 4.90 Å². The molecule has 0 unspecified atom stereocenters. The number of nitrogens with zero attached hydrogens (tertiary/aromatic N) is 1. The molecule has 0 aliphatic carbocycles. The van der Waals surface area contributed by atoms with E-state index in [0.29, 0.717) is 13.2 Å². The molecule has 1 aromatic rings. The van der Waals surface area contributed by atoms with Crippen LogP contribution < -0.4 is 4.90 Å². The zero-order chi connectivity index (χ0) is 11.8. The molecule has 0 aromatic heterocycles. The highest BCUT2D eigenvalue weighted by Gasteiger charge is 2.15. The van der Waals surface area contributed by atoms with Gasteiger partial charge in [0.2, 0.25) is 0 Å². The molecule has 0 atom stereocenters. The molecule has 3 heteroatoms. The van der Waals surface area contributed by atoms with Crippen molar-refractivity contribution in [3.05, 3.63) is 37.3 Å². The minimum Gasteiger partial charge on any atom is -0.449 e. The molecule has 3 nitrogen and oxygen atoms in total. The Morgan fingerprint density at radius 1 is 1.38 bits per heavy atom. The highest BCUT2D eigenvalue weighted by Crippen LogP contribution is 2.15. The molecule has 0 aliphatic heterocycles. The molecule has 1 radical (unpaired) electrons. The Bertz CT molecular complexity index is 311. The second kappa shape index (κ2) is 6.88. The maximum Gasteiger partial charge on any atom is 0.414 e. The van der Waals surface area contributed by atoms with Gasteiger partial charge in [-0.1, -0.05) is 31.5 Å². The Labute approximate surface area is 97.0 Å². The summed E-state index contributed by atoms with van der Waals surface area (Å²) in [6, 6.07) is 9.55. The largest absolute Gasteiger partial charge is 0.449 e. The highest BCUT2D eigenvalue weighted by molar-refractivity contribution is 5.87. The van der Waals surface area contributed by atoms with Crippen LogP contribution in [0.2, 0.25) is 0 Å². The number of unbranched alkanes of at least 4 members (excludes halogenated alkanes) is 1. The van der Waals surface area contributed by atoms with Crippen LogP contribution in [0.4, 0.5) is 10.5 Å². The number of amides is 1. The third kappa shape index (κ3) is 3.57. The number of rotatable bonds is 5. The molecular formula is C13H18NO2. The van der Waals surface area contributed by atoms with Gasteiger partial charge in [0.1, 0.15) is 0 Å². The number of para-hydroxylation sites is 1. The molecule has 0 saturated carbocycles. The molecule has 0 heterocycles. The maximum atomic E-state index is 11.7. The van der Waals surface area contributed by atoms with Crippen molar-refractivity contribution < 1.29 is 9.53 Å². The van der Waals surface area contributed by atoms with Crippen LogP contribution in [0.5, 0.6) is 0 Å². The van der Waals surface area contributed by atoms with Crippen LogP contribution in [0, 0.1) is 6.92 Å². The van der Waals surface area contributed by atoms with E-state index in [1.807, 2.05) is 37.3 Å². The molecule has 0 saturated heterocycles. The number of hydrogen-bond donors (Lipinski definition) is 0. The number of carbonyl (C=O) groups is 1. The maximum absolute atomic E-state index is 11.7. The molecule has 0 fully saturated rings. The second-order valence-electron chi connectivity index (χ2n) is 3.39. The van der Waals surface area contributed by atoms with Crippen LogP contribution in [0.3, 0.4) is 0 Å². The van der Waals surface area contributed by atoms with Crippen LogP contribution in [0.15, 0.2) is 30.3 Å². The Morgan fingerprint density at radius 3 is 2.62 bits per heavy atom. The van der Waals surface area contributed by atoms with Crippen molar-refractivity contribution in [1.82, 2.24) is 0 Å². The number of carbonyl (C=O) groups excluding carboxylic acids is 1. The monoisotopic (exact) mass is 220 g/mol. The second-order valence-corrected chi connectivity index (χ2v) is 3.39. The topological polar surface area (TPSA) is 29.5 Å². The van der Waals surface area contributed by atoms with Gasteiger partial charge >= 0.3 is 6.09 Å². The lowest BCUT2D eigenvalue weighted by atomic mass is 10.2. The van der Waals surface area contributed by atoms with Gasteiger partial charge in [-0.2, -0.15) is 0 Å². The van der Waals surface area contributed by atoms with Crippen LogP contribution in [-0.4, -0.2) is 19.2 Å². The van der Waals surface area contributed by atoms with E-state index in [2.05, 4.69) is 6.92 Å². The average Bonchev–Trinajstić information content (AvgIpc) is 2.31. The van der Waals surface area contributed by atoms with Crippen molar-refractivity contribution in [2.24, 2.45) is 0 Å². The first kappa shape index (κ1) is 12.6. The number of ether oxygens (including phenoxy) is 1. The summed E-state index contributed by atoms with van der Waals surface area (Å²) in [5.74, 6) is 0. The lowest BCUT2D eigenvalue weighted by Crippen LogP contribution is -2.32. The molecule has 1 aromatic carbocycles. The molecular weight excluding hydrogens is 202 g/mol. The van der Waals surface area contributed by atoms with Crippen molar-refractivity contribution in [2.45, 2.75) is 19.8 Å². The van der Waals surface area contributed by atoms with Crippen LogP contribution in [0.1, 0.15) is 19.8 Å². The van der Waals surface area contributed by atoms with Gasteiger partial charge < -0.3 is 4.74 Å². The van der Waals surface area contributed by atoms with E-state index >= 15 is 0 Å². The summed E-state index contributed by atoms with van der Waals surface area (Å²) in [6.45, 7) is 6.63. The van der Waals surface area contributed by atoms with Gasteiger partial charge in [-0.05, 0) is 25.5 Å². The first-order valence-corrected chi connectivity index (χ1v) is 5.58. The summed E-state index contributed by atoms with van der Waals surface area (Å²) in [5.41, 5.74) is 0.870. The third-order valence-electron chi connectivity index (χ3n) is 2.19. The van der Waals surface area contributed by atoms with Crippen LogP contribution in [0.25, 0.3) is 0 Å². The first-order valence-electron chi connectivity index (χ1n) is 5.58. The van der Waals surface area contributed by atoms with E-state index in [1.165, 1.54) is 0 Å². The third-order valence-corrected chi connectivity index (χ3v) is 2.19. The lowest BCUT2D eigenvalue weighted by molar-refractivity contribution is 0.159. The normalized spacial score (nSPS) is 9.88. The van der Waals surface area contributed by atoms with E-state index in [4.69, 9.17) is 4.74 Å². The Hall–Kier alpha value is -1.51. The summed E-state index contributed by atoms with van der Waals surface area (Å²) in [7, 11) is 0. The van der Waals surface area contributed by atoms with Crippen LogP contribution >= 0.6 is 0 Å². The van der Waals surface area contributed by atoms with E-state index in [-0.39, 0.29) is 6.09 Å². The quantitative estimate of drug-likeness (QED) is 0.762. The number of benzene rings is 1. The molecule has 1 amide bonds. The predicted molar refractivity (Wildman–Crippen MR) is 65.4 cm³/mol. The fourth-order valence-corrected chi connectivity index (χ4v) is 1.41. The Kier molecular flexibility index (Phi) is 5.40. The number of anilines is 1. The zero-order valence-corrected chi connectivity index (χ0v) is 9.69. The van der Waals surface area contributed by atoms with E-state index in [0.717, 1.165) is 18.5 Å². The summed E-state index contributed by atoms with van der Waals surface area (Å²) in [5, 5.41) is 0. The molecule has 16 heavy (non-hydrogen) atoms. The average molecular weight is 220 g/mol. The first-order chi connectivity index (χ1) is 7.79. The summed E-state index contributed by atoms with van der Waals surface area (Å²) >= 11 is 0. The van der Waals surface area contributed by atoms with Crippen LogP contribution in [-0.2, 0) is 4.74 Å². The number of hydrogen-bond acceptors (Lipinski definition) is 2. The van der Waals surface area contributed by atoms with Crippen molar-refractivity contribution in [3.8, 4) is 0 Å². The molecule has 0 aliphatic rings. The Balaban J connectivity index is 2.74. The standard InChI is InChI=1S/C13H18NO2/c1-3-5-11-14(13(15)16-4-2)12-9-7-6-8-10-12/h6-10H,1,3-5,11H2,2H3. The van der Waals surface area contributed by atoms with Gasteiger partial charge in [0.05, 0.1) is 6.61 Å². The zero-order valence-electron chi connectivity index (χ0n) is 9.69. The molecule has 0 spiro atoms. The van der Waals surface area contributed by atoms with Gasteiger partial charge in [0.25, 0.3) is 0 Å². The summed E-state index contributed by atoms with van der Waals surface area (Å²) < 4.78 is 5.02. The molecule has 87 valence electrons. The molecule has 0 N–H and O–H groups in total. The van der Waals surface area contributed by atoms with E-state index in [9.17, 15) is 4.79 Å². The fourth-order valence-electron chi connectivity index (χ4n) is 1.41. The summed E-state index contributed by atoms with van der Waals surface area (Å²) in [6.07, 6.45) is 1.39. The highest BCUT2D eigenvalue weighted by atomic mass is 16.6. The van der Waals surface area contributed by atoms with E-state index in [1.54, 1.807) is 4.90 Å². The molecule has 0 bridgehead atoms. The smallest absolute Gasteiger partial charge is 0.414 e. The van der Waals surface area contributed by atoms with Gasteiger partial charge in [-0.15, -0.1) is 0 Å². The van der Waals surface area contributed by atoms with Crippen molar-refractivity contribution in [2.75, 3.05) is 18.1 Å². The van der Waals surface area contributed by atoms with Crippen molar-refractivity contribution in [3.63, 3.8) is 0 Å². The van der Waals surface area contributed by atoms with Crippen molar-refractivity contribution in [1.29, 1.82) is 0 Å². The van der Waals surface area contributed by atoms with Gasteiger partial charge in [0.15, 0.2) is 0 Å². The SMILES string of the molecule is [CH2]CCCN(C(=O)OCC)c1ccccc1.